The molecule has 204 valence electrons. The number of carbonyl (C=O) groups is 4. The van der Waals surface area contributed by atoms with Gasteiger partial charge in [-0.05, 0) is 47.7 Å². The molecule has 4 rings (SSSR count). The quantitative estimate of drug-likeness (QED) is 0.317. The van der Waals surface area contributed by atoms with Crippen molar-refractivity contribution in [2.45, 2.75) is 44.2 Å². The Labute approximate surface area is 211 Å². The van der Waals surface area contributed by atoms with E-state index in [-0.39, 0.29) is 30.2 Å². The minimum Gasteiger partial charge on any atom is -0.480 e. The van der Waals surface area contributed by atoms with Gasteiger partial charge in [0.15, 0.2) is 11.5 Å². The number of rotatable bonds is 6. The Balaban J connectivity index is 0.000000599. The van der Waals surface area contributed by atoms with Gasteiger partial charge in [-0.2, -0.15) is 13.2 Å². The number of fused-ring (bicyclic) bond motifs is 1. The molecule has 0 saturated carbocycles. The molecule has 2 aromatic rings. The smallest absolute Gasteiger partial charge is 0.480 e. The zero-order valence-electron chi connectivity index (χ0n) is 19.4. The van der Waals surface area contributed by atoms with Crippen LogP contribution >= 0.6 is 0 Å². The number of amides is 2. The first kappa shape index (κ1) is 28.3. The summed E-state index contributed by atoms with van der Waals surface area (Å²) in [4.78, 5) is 50.5. The van der Waals surface area contributed by atoms with E-state index in [1.54, 1.807) is 19.1 Å². The lowest BCUT2D eigenvalue weighted by molar-refractivity contribution is -0.286. The Morgan fingerprint density at radius 2 is 1.84 bits per heavy atom. The molecule has 2 aliphatic rings. The van der Waals surface area contributed by atoms with Crippen LogP contribution in [0.4, 0.5) is 27.8 Å². The third-order valence-electron chi connectivity index (χ3n) is 5.65. The molecule has 1 fully saturated rings. The van der Waals surface area contributed by atoms with Gasteiger partial charge in [-0.1, -0.05) is 13.0 Å². The van der Waals surface area contributed by atoms with Crippen molar-refractivity contribution in [1.82, 2.24) is 9.88 Å². The number of alkyl halides is 5. The summed E-state index contributed by atoms with van der Waals surface area (Å²) < 4.78 is 66.4. The molecule has 3 atom stereocenters. The average molecular weight is 545 g/mol. The Bertz CT molecular complexity index is 1250. The van der Waals surface area contributed by atoms with Crippen LogP contribution in [0.25, 0.3) is 0 Å². The molecule has 10 nitrogen and oxygen atoms in total. The number of imide groups is 1. The van der Waals surface area contributed by atoms with Crippen LogP contribution in [0.3, 0.4) is 0 Å². The first-order chi connectivity index (χ1) is 17.6. The second kappa shape index (κ2) is 10.6. The number of aromatic nitrogens is 1. The fourth-order valence-electron chi connectivity index (χ4n) is 3.93. The van der Waals surface area contributed by atoms with Crippen LogP contribution in [0, 0.1) is 5.92 Å². The fourth-order valence-corrected chi connectivity index (χ4v) is 3.93. The molecule has 0 spiro atoms. The number of nitrogen functional groups attached to an aromatic ring is 1. The van der Waals surface area contributed by atoms with Gasteiger partial charge in [0.2, 0.25) is 18.1 Å². The summed E-state index contributed by atoms with van der Waals surface area (Å²) in [5, 5.41) is 9.59. The van der Waals surface area contributed by atoms with Crippen molar-refractivity contribution in [3.8, 4) is 11.5 Å². The summed E-state index contributed by atoms with van der Waals surface area (Å²) in [5.41, 5.74) is 6.76. The summed E-state index contributed by atoms with van der Waals surface area (Å²) in [6.45, 7) is 1.66. The molecule has 1 aromatic carbocycles. The topological polar surface area (TPSA) is 149 Å². The second-order valence-electron chi connectivity index (χ2n) is 8.42. The van der Waals surface area contributed by atoms with Crippen molar-refractivity contribution >= 4 is 29.9 Å². The second-order valence-corrected chi connectivity index (χ2v) is 8.42. The van der Waals surface area contributed by atoms with Crippen LogP contribution in [-0.4, -0.2) is 57.6 Å². The lowest BCUT2D eigenvalue weighted by Crippen LogP contribution is -2.66. The zero-order valence-corrected chi connectivity index (χ0v) is 19.4. The minimum absolute atomic E-state index is 0.109. The number of ether oxygens (including phenoxy) is 2. The predicted octanol–water partition coefficient (Wildman–Crippen LogP) is 2.91. The van der Waals surface area contributed by atoms with Crippen molar-refractivity contribution in [1.29, 1.82) is 0 Å². The van der Waals surface area contributed by atoms with E-state index in [9.17, 15) is 41.4 Å². The van der Waals surface area contributed by atoms with Crippen LogP contribution < -0.4 is 15.2 Å². The first-order valence-corrected chi connectivity index (χ1v) is 10.8. The van der Waals surface area contributed by atoms with Crippen molar-refractivity contribution in [3.63, 3.8) is 0 Å². The number of likely N-dealkylation sites (tertiary alicyclic amines) is 1. The van der Waals surface area contributed by atoms with Crippen LogP contribution in [0.2, 0.25) is 0 Å². The van der Waals surface area contributed by atoms with E-state index in [0.717, 1.165) is 4.90 Å². The number of nitrogens with two attached hydrogens (primary N) is 1. The molecule has 0 bridgehead atoms. The predicted molar refractivity (Wildman–Crippen MR) is 117 cm³/mol. The normalized spacial score (nSPS) is 20.1. The summed E-state index contributed by atoms with van der Waals surface area (Å²) in [7, 11) is 0. The number of hydrogen-bond acceptors (Lipinski definition) is 8. The molecule has 0 radical (unpaired) electrons. The summed E-state index contributed by atoms with van der Waals surface area (Å²) >= 11 is 0. The van der Waals surface area contributed by atoms with Gasteiger partial charge in [0.05, 0.1) is 5.92 Å². The Kier molecular flexibility index (Phi) is 7.88. The summed E-state index contributed by atoms with van der Waals surface area (Å²) in [6.07, 6.45) is -8.09. The molecule has 3 N–H and O–H groups in total. The highest BCUT2D eigenvalue weighted by molar-refractivity contribution is 6.08. The van der Waals surface area contributed by atoms with E-state index in [1.165, 1.54) is 24.4 Å². The maximum absolute atomic E-state index is 13.2. The lowest BCUT2D eigenvalue weighted by atomic mass is 9.81. The molecule has 2 amide bonds. The van der Waals surface area contributed by atoms with E-state index in [2.05, 4.69) is 14.5 Å². The maximum atomic E-state index is 13.2. The molecule has 0 aliphatic carbocycles. The lowest BCUT2D eigenvalue weighted by Gasteiger charge is -2.43. The van der Waals surface area contributed by atoms with Crippen molar-refractivity contribution in [3.05, 3.63) is 47.7 Å². The molecule has 1 unspecified atom stereocenters. The molecule has 15 heteroatoms. The Morgan fingerprint density at radius 1 is 1.21 bits per heavy atom. The standard InChI is InChI=1S/C21H19F2N3O6.C2HF3O/c1-10(12-2-3-14-15(9-12)32-21(22,23)31-14)6-17(27)26-18(20(29)30)13(19(26)28)7-11-4-5-25-16(24)8-11;3-2(4,5)1-6/h2-5,8-10,13,18H,6-7H2,1H3,(H2,24,25)(H,29,30);1H/t10-,13?,18-;/m0./s1. The summed E-state index contributed by atoms with van der Waals surface area (Å²) in [5.74, 6) is -3.98. The number of nitrogens with zero attached hydrogens (tertiary/aromatic N) is 2. The van der Waals surface area contributed by atoms with Gasteiger partial charge in [-0.25, -0.2) is 9.78 Å². The minimum atomic E-state index is -4.64. The van der Waals surface area contributed by atoms with Gasteiger partial charge in [0, 0.05) is 12.6 Å². The number of benzene rings is 1. The number of aliphatic carboxylic acids is 1. The van der Waals surface area contributed by atoms with E-state index < -0.39 is 54.4 Å². The van der Waals surface area contributed by atoms with Gasteiger partial charge in [0.25, 0.3) is 0 Å². The average Bonchev–Trinajstić information content (AvgIpc) is 3.13. The number of aldehydes is 1. The SMILES string of the molecule is C[C@@H](CC(=O)N1C(=O)C(Cc2ccnc(N)c2)[C@H]1C(=O)O)c1ccc2c(c1)OC(F)(F)O2.O=CC(F)(F)F. The number of hydrogen-bond donors (Lipinski definition) is 2. The third-order valence-corrected chi connectivity index (χ3v) is 5.65. The largest absolute Gasteiger partial charge is 0.586 e. The van der Waals surface area contributed by atoms with Crippen LogP contribution in [0.15, 0.2) is 36.5 Å². The van der Waals surface area contributed by atoms with Crippen LogP contribution in [0.1, 0.15) is 30.4 Å². The van der Waals surface area contributed by atoms with Crippen molar-refractivity contribution in [2.75, 3.05) is 5.73 Å². The van der Waals surface area contributed by atoms with E-state index >= 15 is 0 Å². The molecule has 2 aliphatic heterocycles. The Morgan fingerprint density at radius 3 is 2.42 bits per heavy atom. The van der Waals surface area contributed by atoms with E-state index in [1.807, 2.05) is 0 Å². The maximum Gasteiger partial charge on any atom is 0.586 e. The number of β-lactam (4-membered cyclic amide) rings is 1. The number of carboxylic acids is 1. The molecule has 3 heterocycles. The van der Waals surface area contributed by atoms with Gasteiger partial charge in [-0.3, -0.25) is 19.3 Å². The van der Waals surface area contributed by atoms with E-state index in [4.69, 9.17) is 10.5 Å². The summed E-state index contributed by atoms with van der Waals surface area (Å²) in [6, 6.07) is 6.01. The highest BCUT2D eigenvalue weighted by Crippen LogP contribution is 2.42. The van der Waals surface area contributed by atoms with Gasteiger partial charge >= 0.3 is 18.4 Å². The van der Waals surface area contributed by atoms with Gasteiger partial charge < -0.3 is 20.3 Å². The molecular weight excluding hydrogens is 525 g/mol. The number of halogens is 5. The Hall–Kier alpha value is -4.30. The number of pyridine rings is 1. The van der Waals surface area contributed by atoms with E-state index in [0.29, 0.717) is 11.1 Å². The molecule has 1 aromatic heterocycles. The third kappa shape index (κ3) is 6.52. The fraction of sp³-hybridized carbons (Fsp3) is 0.348. The highest BCUT2D eigenvalue weighted by atomic mass is 19.4. The molecular formula is C23H20F5N3O7. The zero-order chi connectivity index (χ0) is 28.4. The molecule has 1 saturated heterocycles. The highest BCUT2D eigenvalue weighted by Gasteiger charge is 2.54. The number of carbonyl (C=O) groups excluding carboxylic acids is 3. The van der Waals surface area contributed by atoms with Crippen molar-refractivity contribution in [2.24, 2.45) is 5.92 Å². The van der Waals surface area contributed by atoms with Crippen LogP contribution in [0.5, 0.6) is 11.5 Å². The molecule has 38 heavy (non-hydrogen) atoms. The van der Waals surface area contributed by atoms with Crippen LogP contribution in [-0.2, 0) is 25.6 Å². The number of anilines is 1. The van der Waals surface area contributed by atoms with Gasteiger partial charge in [-0.15, -0.1) is 8.78 Å². The first-order valence-electron chi connectivity index (χ1n) is 10.8. The number of carboxylic acid groups (broad SMARTS) is 1. The van der Waals surface area contributed by atoms with Crippen molar-refractivity contribution < 1.29 is 55.7 Å². The monoisotopic (exact) mass is 545 g/mol. The van der Waals surface area contributed by atoms with Gasteiger partial charge in [0.1, 0.15) is 11.9 Å².